The number of aromatic nitrogens is 4. The number of hydrogen-bond acceptors (Lipinski definition) is 10. The van der Waals surface area contributed by atoms with Crippen LogP contribution in [-0.2, 0) is 16.1 Å². The molecule has 0 spiro atoms. The van der Waals surface area contributed by atoms with Gasteiger partial charge >= 0.3 is 5.97 Å². The molecule has 12 nitrogen and oxygen atoms in total. The summed E-state index contributed by atoms with van der Waals surface area (Å²) in [5.41, 5.74) is 5.86. The molecule has 0 saturated carbocycles. The van der Waals surface area contributed by atoms with Crippen LogP contribution in [0.4, 0.5) is 17.1 Å². The van der Waals surface area contributed by atoms with Crippen LogP contribution in [0.15, 0.2) is 79.3 Å². The van der Waals surface area contributed by atoms with Gasteiger partial charge < -0.3 is 29.7 Å². The molecule has 5 aromatic rings. The number of amides is 1. The molecule has 2 aromatic heterocycles. The van der Waals surface area contributed by atoms with E-state index in [1.807, 2.05) is 42.6 Å². The average molecular weight is 638 g/mol. The highest BCUT2D eigenvalue weighted by molar-refractivity contribution is 5.93. The lowest BCUT2D eigenvalue weighted by Gasteiger charge is -2.27. The molecule has 244 valence electrons. The van der Waals surface area contributed by atoms with E-state index in [1.54, 1.807) is 55.6 Å². The maximum absolute atomic E-state index is 12.6. The van der Waals surface area contributed by atoms with E-state index in [2.05, 4.69) is 39.5 Å². The van der Waals surface area contributed by atoms with E-state index >= 15 is 0 Å². The Labute approximate surface area is 273 Å². The van der Waals surface area contributed by atoms with Crippen LogP contribution in [0.25, 0.3) is 22.3 Å². The van der Waals surface area contributed by atoms with Gasteiger partial charge in [0.25, 0.3) is 0 Å². The second kappa shape index (κ2) is 15.2. The van der Waals surface area contributed by atoms with Crippen molar-refractivity contribution in [2.75, 3.05) is 44.6 Å². The van der Waals surface area contributed by atoms with Gasteiger partial charge in [0.15, 0.2) is 0 Å². The normalized spacial score (nSPS) is 11.0. The van der Waals surface area contributed by atoms with E-state index in [9.17, 15) is 9.59 Å². The van der Waals surface area contributed by atoms with Crippen molar-refractivity contribution in [3.05, 3.63) is 84.8 Å². The number of nitrogens with zero attached hydrogens (tertiary/aromatic N) is 5. The third-order valence-electron chi connectivity index (χ3n) is 7.46. The molecule has 12 heteroatoms. The minimum absolute atomic E-state index is 0.173. The van der Waals surface area contributed by atoms with Crippen molar-refractivity contribution in [2.45, 2.75) is 32.9 Å². The van der Waals surface area contributed by atoms with Gasteiger partial charge in [0.2, 0.25) is 5.91 Å². The number of esters is 1. The highest BCUT2D eigenvalue weighted by Gasteiger charge is 2.15. The standard InChI is InChI=1S/C35H39N7O5/c1-23(2)36-13-15-42(28-16-29(45-3)19-30(17-28)46-4)27-10-11-31-32(18-27)40-33(21-37-31)25-20-38-41(22-25)14-12-34(43)39-26-8-6-24(7-9-26)35(44)47-5/h6-11,16-23,36H,12-15H2,1-5H3,(H,39,43). The highest BCUT2D eigenvalue weighted by Crippen LogP contribution is 2.34. The average Bonchev–Trinajstić information content (AvgIpc) is 3.57. The van der Waals surface area contributed by atoms with Gasteiger partial charge in [-0.15, -0.1) is 0 Å². The highest BCUT2D eigenvalue weighted by atomic mass is 16.5. The van der Waals surface area contributed by atoms with Crippen molar-refractivity contribution in [1.82, 2.24) is 25.1 Å². The van der Waals surface area contributed by atoms with E-state index < -0.39 is 5.97 Å². The fraction of sp³-hybridized carbons (Fsp3) is 0.286. The minimum Gasteiger partial charge on any atom is -0.497 e. The zero-order valence-electron chi connectivity index (χ0n) is 27.2. The van der Waals surface area contributed by atoms with Crippen LogP contribution in [0.5, 0.6) is 11.5 Å². The van der Waals surface area contributed by atoms with Gasteiger partial charge in [-0.25, -0.2) is 9.78 Å². The Hall–Kier alpha value is -5.49. The Morgan fingerprint density at radius 2 is 1.64 bits per heavy atom. The van der Waals surface area contributed by atoms with Crippen molar-refractivity contribution in [2.24, 2.45) is 0 Å². The van der Waals surface area contributed by atoms with Crippen LogP contribution in [0.1, 0.15) is 30.6 Å². The van der Waals surface area contributed by atoms with Gasteiger partial charge in [-0.2, -0.15) is 5.10 Å². The van der Waals surface area contributed by atoms with Crippen molar-refractivity contribution >= 4 is 40.0 Å². The first-order valence-electron chi connectivity index (χ1n) is 15.3. The summed E-state index contributed by atoms with van der Waals surface area (Å²) >= 11 is 0. The molecule has 0 atom stereocenters. The number of aryl methyl sites for hydroxylation is 1. The number of nitrogens with one attached hydrogen (secondary N) is 2. The Morgan fingerprint density at radius 1 is 0.894 bits per heavy atom. The Bertz CT molecular complexity index is 1820. The summed E-state index contributed by atoms with van der Waals surface area (Å²) in [4.78, 5) is 36.0. The van der Waals surface area contributed by atoms with Crippen LogP contribution in [0, 0.1) is 0 Å². The molecule has 0 aliphatic heterocycles. The van der Waals surface area contributed by atoms with Gasteiger partial charge in [-0.1, -0.05) is 13.8 Å². The van der Waals surface area contributed by atoms with E-state index in [-0.39, 0.29) is 12.3 Å². The number of rotatable bonds is 14. The third kappa shape index (κ3) is 8.41. The second-order valence-electron chi connectivity index (χ2n) is 11.1. The molecular weight excluding hydrogens is 598 g/mol. The topological polar surface area (TPSA) is 133 Å². The number of ether oxygens (including phenoxy) is 3. The molecule has 2 heterocycles. The predicted molar refractivity (Wildman–Crippen MR) is 181 cm³/mol. The van der Waals surface area contributed by atoms with Crippen molar-refractivity contribution in [1.29, 1.82) is 0 Å². The van der Waals surface area contributed by atoms with Crippen LogP contribution in [0.3, 0.4) is 0 Å². The summed E-state index contributed by atoms with van der Waals surface area (Å²) in [7, 11) is 4.61. The fourth-order valence-corrected chi connectivity index (χ4v) is 4.99. The summed E-state index contributed by atoms with van der Waals surface area (Å²) in [5.74, 6) is 0.799. The second-order valence-corrected chi connectivity index (χ2v) is 11.1. The molecule has 0 unspecified atom stereocenters. The molecule has 3 aromatic carbocycles. The molecule has 0 radical (unpaired) electrons. The maximum Gasteiger partial charge on any atom is 0.337 e. The van der Waals surface area contributed by atoms with Crippen molar-refractivity contribution in [3.8, 4) is 22.8 Å². The van der Waals surface area contributed by atoms with Crippen molar-refractivity contribution < 1.29 is 23.8 Å². The van der Waals surface area contributed by atoms with Gasteiger partial charge in [-0.3, -0.25) is 14.5 Å². The molecule has 0 aliphatic carbocycles. The molecule has 1 amide bonds. The zero-order chi connectivity index (χ0) is 33.3. The number of fused-ring (bicyclic) bond motifs is 1. The Kier molecular flexibility index (Phi) is 10.6. The van der Waals surface area contributed by atoms with E-state index in [1.165, 1.54) is 7.11 Å². The molecule has 5 rings (SSSR count). The number of hydrogen-bond donors (Lipinski definition) is 2. The quantitative estimate of drug-likeness (QED) is 0.151. The minimum atomic E-state index is -0.431. The van der Waals surface area contributed by atoms with Gasteiger partial charge in [0.05, 0.1) is 56.0 Å². The van der Waals surface area contributed by atoms with Gasteiger partial charge in [0, 0.05) is 79.1 Å². The van der Waals surface area contributed by atoms with Gasteiger partial charge in [-0.05, 0) is 42.5 Å². The molecule has 2 N–H and O–H groups in total. The van der Waals surface area contributed by atoms with Crippen LogP contribution < -0.4 is 25.0 Å². The summed E-state index contributed by atoms with van der Waals surface area (Å²) in [6.07, 6.45) is 5.51. The van der Waals surface area contributed by atoms with Crippen LogP contribution in [0.2, 0.25) is 0 Å². The molecule has 0 aliphatic rings. The van der Waals surface area contributed by atoms with E-state index in [0.717, 1.165) is 34.5 Å². The SMILES string of the molecule is COC(=O)c1ccc(NC(=O)CCn2cc(-c3cnc4ccc(N(CCNC(C)C)c5cc(OC)cc(OC)c5)cc4n3)cn2)cc1. The largest absolute Gasteiger partial charge is 0.497 e. The summed E-state index contributed by atoms with van der Waals surface area (Å²) in [6.45, 7) is 6.09. The number of carbonyl (C=O) groups excluding carboxylic acids is 2. The number of carbonyl (C=O) groups is 2. The molecule has 47 heavy (non-hydrogen) atoms. The number of methoxy groups -OCH3 is 3. The molecular formula is C35H39N7O5. The lowest BCUT2D eigenvalue weighted by atomic mass is 10.2. The summed E-state index contributed by atoms with van der Waals surface area (Å²) in [5, 5.41) is 10.8. The van der Waals surface area contributed by atoms with Crippen LogP contribution >= 0.6 is 0 Å². The fourth-order valence-electron chi connectivity index (χ4n) is 4.99. The number of anilines is 3. The Morgan fingerprint density at radius 3 is 2.32 bits per heavy atom. The zero-order valence-corrected chi connectivity index (χ0v) is 27.2. The first kappa shape index (κ1) is 32.9. The lowest BCUT2D eigenvalue weighted by Crippen LogP contribution is -2.32. The van der Waals surface area contributed by atoms with Crippen molar-refractivity contribution in [3.63, 3.8) is 0 Å². The van der Waals surface area contributed by atoms with Crippen LogP contribution in [-0.4, -0.2) is 72.1 Å². The number of benzene rings is 3. The first-order valence-corrected chi connectivity index (χ1v) is 15.3. The third-order valence-corrected chi connectivity index (χ3v) is 7.46. The Balaban J connectivity index is 1.31. The predicted octanol–water partition coefficient (Wildman–Crippen LogP) is 5.46. The monoisotopic (exact) mass is 637 g/mol. The van der Waals surface area contributed by atoms with E-state index in [4.69, 9.17) is 19.2 Å². The van der Waals surface area contributed by atoms with Gasteiger partial charge in [0.1, 0.15) is 11.5 Å². The smallest absolute Gasteiger partial charge is 0.337 e. The molecule has 0 saturated heterocycles. The lowest BCUT2D eigenvalue weighted by molar-refractivity contribution is -0.116. The van der Waals surface area contributed by atoms with E-state index in [0.29, 0.717) is 47.6 Å². The summed E-state index contributed by atoms with van der Waals surface area (Å²) < 4.78 is 17.5. The summed E-state index contributed by atoms with van der Waals surface area (Å²) in [6, 6.07) is 18.7. The maximum atomic E-state index is 12.6. The molecule has 0 fully saturated rings. The molecule has 0 bridgehead atoms. The first-order chi connectivity index (χ1) is 22.8.